The molecule has 24 heavy (non-hydrogen) atoms. The van der Waals surface area contributed by atoms with Gasteiger partial charge >= 0.3 is 0 Å². The topological polar surface area (TPSA) is 75.0 Å². The van der Waals surface area contributed by atoms with Gasteiger partial charge in [-0.15, -0.1) is 11.8 Å². The van der Waals surface area contributed by atoms with Crippen LogP contribution in [0.15, 0.2) is 58.2 Å². The number of hydrogen-bond acceptors (Lipinski definition) is 5. The van der Waals surface area contributed by atoms with Crippen LogP contribution in [-0.2, 0) is 6.54 Å². The van der Waals surface area contributed by atoms with Crippen molar-refractivity contribution in [3.05, 3.63) is 70.4 Å². The summed E-state index contributed by atoms with van der Waals surface area (Å²) in [6.45, 7) is 0.156. The largest absolute Gasteiger partial charge is 0.543 e. The molecule has 5 nitrogen and oxygen atoms in total. The van der Waals surface area contributed by atoms with Crippen molar-refractivity contribution in [2.24, 2.45) is 0 Å². The smallest absolute Gasteiger partial charge is 0.274 e. The number of thioether (sulfide) groups is 1. The van der Waals surface area contributed by atoms with Crippen molar-refractivity contribution in [1.29, 1.82) is 0 Å². The molecule has 2 aromatic carbocycles. The molecule has 122 valence electrons. The van der Waals surface area contributed by atoms with Crippen LogP contribution in [0.4, 0.5) is 4.39 Å². The number of carboxylic acids is 1. The first kappa shape index (κ1) is 16.2. The zero-order valence-corrected chi connectivity index (χ0v) is 13.3. The Morgan fingerprint density at radius 1 is 1.12 bits per heavy atom. The molecular weight excluding hydrogens is 331 g/mol. The Kier molecular flexibility index (Phi) is 4.61. The van der Waals surface area contributed by atoms with E-state index in [1.807, 2.05) is 0 Å². The molecule has 0 saturated heterocycles. The Morgan fingerprint density at radius 2 is 1.79 bits per heavy atom. The molecular formula is C17H12FN2O3S-. The molecule has 1 aromatic heterocycles. The lowest BCUT2D eigenvalue weighted by molar-refractivity contribution is -0.255. The summed E-state index contributed by atoms with van der Waals surface area (Å²) in [4.78, 5) is 24.2. The average Bonchev–Trinajstić information content (AvgIpc) is 2.58. The first-order valence-corrected chi connectivity index (χ1v) is 8.15. The van der Waals surface area contributed by atoms with Crippen LogP contribution in [0.5, 0.6) is 0 Å². The molecule has 3 aromatic rings. The number of rotatable bonds is 5. The number of nitrogens with zero attached hydrogens (tertiary/aromatic N) is 2. The summed E-state index contributed by atoms with van der Waals surface area (Å²) in [5, 5.41) is 15.7. The van der Waals surface area contributed by atoms with Gasteiger partial charge in [0.15, 0.2) is 0 Å². The molecule has 0 saturated carbocycles. The predicted molar refractivity (Wildman–Crippen MR) is 87.5 cm³/mol. The van der Waals surface area contributed by atoms with Gasteiger partial charge in [-0.3, -0.25) is 4.79 Å². The van der Waals surface area contributed by atoms with Gasteiger partial charge in [0.05, 0.1) is 17.9 Å². The van der Waals surface area contributed by atoms with Gasteiger partial charge in [0.2, 0.25) is 0 Å². The molecule has 0 aliphatic carbocycles. The van der Waals surface area contributed by atoms with Crippen molar-refractivity contribution >= 4 is 28.5 Å². The fourth-order valence-electron chi connectivity index (χ4n) is 2.34. The summed E-state index contributed by atoms with van der Waals surface area (Å²) < 4.78 is 14.7. The van der Waals surface area contributed by atoms with E-state index in [-0.39, 0.29) is 34.4 Å². The molecule has 0 unspecified atom stereocenters. The van der Waals surface area contributed by atoms with Crippen molar-refractivity contribution in [2.75, 3.05) is 5.75 Å². The van der Waals surface area contributed by atoms with E-state index < -0.39 is 5.97 Å². The first-order valence-electron chi connectivity index (χ1n) is 7.16. The Morgan fingerprint density at radius 3 is 2.50 bits per heavy atom. The van der Waals surface area contributed by atoms with Gasteiger partial charge in [-0.2, -0.15) is 5.10 Å². The number of hydrogen-bond donors (Lipinski definition) is 0. The Hall–Kier alpha value is -2.67. The molecule has 0 fully saturated rings. The molecule has 0 aliphatic rings. The van der Waals surface area contributed by atoms with Crippen LogP contribution < -0.4 is 10.7 Å². The van der Waals surface area contributed by atoms with Crippen LogP contribution in [0, 0.1) is 5.82 Å². The summed E-state index contributed by atoms with van der Waals surface area (Å²) >= 11 is 1.23. The van der Waals surface area contributed by atoms with Crippen LogP contribution in [-0.4, -0.2) is 21.5 Å². The van der Waals surface area contributed by atoms with Gasteiger partial charge in [-0.05, 0) is 18.2 Å². The zero-order valence-electron chi connectivity index (χ0n) is 12.4. The van der Waals surface area contributed by atoms with E-state index in [1.54, 1.807) is 36.4 Å². The van der Waals surface area contributed by atoms with Crippen molar-refractivity contribution in [3.63, 3.8) is 0 Å². The highest BCUT2D eigenvalue weighted by Crippen LogP contribution is 2.21. The summed E-state index contributed by atoms with van der Waals surface area (Å²) in [7, 11) is 0. The Labute approximate surface area is 140 Å². The lowest BCUT2D eigenvalue weighted by atomic mass is 10.1. The van der Waals surface area contributed by atoms with Gasteiger partial charge in [0.25, 0.3) is 5.56 Å². The number of halogens is 1. The molecule has 0 aliphatic heterocycles. The van der Waals surface area contributed by atoms with Crippen LogP contribution in [0.1, 0.15) is 10.5 Å². The molecule has 0 bridgehead atoms. The van der Waals surface area contributed by atoms with E-state index in [2.05, 4.69) is 5.10 Å². The SMILES string of the molecule is O=C([O-])c1nn(CCSc2ccccc2F)c(=O)c2ccccc12. The molecule has 0 spiro atoms. The molecule has 0 amide bonds. The van der Waals surface area contributed by atoms with E-state index in [1.165, 1.54) is 23.9 Å². The third kappa shape index (κ3) is 3.16. The number of carbonyl (C=O) groups excluding carboxylic acids is 1. The van der Waals surface area contributed by atoms with Gasteiger partial charge in [-0.1, -0.05) is 30.3 Å². The van der Waals surface area contributed by atoms with E-state index in [9.17, 15) is 19.1 Å². The second-order valence-electron chi connectivity index (χ2n) is 4.99. The van der Waals surface area contributed by atoms with Crippen molar-refractivity contribution in [3.8, 4) is 0 Å². The maximum absolute atomic E-state index is 13.6. The second kappa shape index (κ2) is 6.84. The van der Waals surface area contributed by atoms with Gasteiger partial charge in [-0.25, -0.2) is 9.07 Å². The zero-order chi connectivity index (χ0) is 17.1. The fraction of sp³-hybridized carbons (Fsp3) is 0.118. The van der Waals surface area contributed by atoms with E-state index in [4.69, 9.17) is 0 Å². The summed E-state index contributed by atoms with van der Waals surface area (Å²) in [5.74, 6) is -1.41. The highest BCUT2D eigenvalue weighted by Gasteiger charge is 2.11. The monoisotopic (exact) mass is 343 g/mol. The molecule has 3 rings (SSSR count). The highest BCUT2D eigenvalue weighted by molar-refractivity contribution is 7.99. The van der Waals surface area contributed by atoms with Gasteiger partial charge in [0, 0.05) is 16.0 Å². The number of aromatic nitrogens is 2. The minimum absolute atomic E-state index is 0.156. The highest BCUT2D eigenvalue weighted by atomic mass is 32.2. The quantitative estimate of drug-likeness (QED) is 0.659. The molecule has 7 heteroatoms. The second-order valence-corrected chi connectivity index (χ2v) is 6.13. The van der Waals surface area contributed by atoms with Crippen LogP contribution in [0.3, 0.4) is 0 Å². The summed E-state index contributed by atoms with van der Waals surface area (Å²) in [6, 6.07) is 12.7. The number of benzene rings is 2. The van der Waals surface area contributed by atoms with E-state index in [0.717, 1.165) is 4.68 Å². The van der Waals surface area contributed by atoms with Crippen LogP contribution in [0.2, 0.25) is 0 Å². The van der Waals surface area contributed by atoms with Crippen molar-refractivity contribution < 1.29 is 14.3 Å². The van der Waals surface area contributed by atoms with Crippen molar-refractivity contribution in [1.82, 2.24) is 9.78 Å². The Balaban J connectivity index is 1.90. The number of aryl methyl sites for hydroxylation is 1. The third-order valence-corrected chi connectivity index (χ3v) is 4.49. The first-order chi connectivity index (χ1) is 11.6. The lowest BCUT2D eigenvalue weighted by Gasteiger charge is -2.11. The molecule has 0 radical (unpaired) electrons. The van der Waals surface area contributed by atoms with Crippen LogP contribution in [0.25, 0.3) is 10.8 Å². The van der Waals surface area contributed by atoms with E-state index >= 15 is 0 Å². The van der Waals surface area contributed by atoms with Gasteiger partial charge in [0.1, 0.15) is 11.5 Å². The maximum Gasteiger partial charge on any atom is 0.274 e. The fourth-order valence-corrected chi connectivity index (χ4v) is 3.21. The van der Waals surface area contributed by atoms with Crippen molar-refractivity contribution in [2.45, 2.75) is 11.4 Å². The molecule has 0 N–H and O–H groups in total. The minimum atomic E-state index is -1.44. The summed E-state index contributed by atoms with van der Waals surface area (Å²) in [6.07, 6.45) is 0. The number of fused-ring (bicyclic) bond motifs is 1. The molecule has 0 atom stereocenters. The third-order valence-electron chi connectivity index (χ3n) is 3.46. The molecule has 1 heterocycles. The average molecular weight is 343 g/mol. The number of carboxylic acid groups (broad SMARTS) is 1. The number of aromatic carboxylic acids is 1. The Bertz CT molecular complexity index is 971. The maximum atomic E-state index is 13.6. The van der Waals surface area contributed by atoms with E-state index in [0.29, 0.717) is 10.6 Å². The van der Waals surface area contributed by atoms with Gasteiger partial charge < -0.3 is 9.90 Å². The standard InChI is InChI=1S/C17H13FN2O3S/c18-13-7-3-4-8-14(13)24-10-9-20-16(21)12-6-2-1-5-11(12)15(19-20)17(22)23/h1-8H,9-10H2,(H,22,23)/p-1. The predicted octanol–water partition coefficient (Wildman–Crippen LogP) is 1.69. The normalized spacial score (nSPS) is 10.9. The summed E-state index contributed by atoms with van der Waals surface area (Å²) in [5.41, 5.74) is -0.661. The lowest BCUT2D eigenvalue weighted by Crippen LogP contribution is -2.31. The van der Waals surface area contributed by atoms with Crippen LogP contribution >= 0.6 is 11.8 Å². The number of carbonyl (C=O) groups is 1. The minimum Gasteiger partial charge on any atom is -0.543 e.